The van der Waals surface area contributed by atoms with Crippen molar-refractivity contribution in [3.8, 4) is 17.2 Å². The molecule has 0 saturated carbocycles. The van der Waals surface area contributed by atoms with Crippen LogP contribution in [-0.4, -0.2) is 69.5 Å². The number of methoxy groups -OCH3 is 3. The van der Waals surface area contributed by atoms with Crippen molar-refractivity contribution in [2.45, 2.75) is 18.9 Å². The second-order valence-corrected chi connectivity index (χ2v) is 8.37. The third-order valence-corrected chi connectivity index (χ3v) is 6.18. The Bertz CT molecular complexity index is 1150. The summed E-state index contributed by atoms with van der Waals surface area (Å²) in [4.78, 5) is 39.3. The first-order valence-corrected chi connectivity index (χ1v) is 11.4. The summed E-state index contributed by atoms with van der Waals surface area (Å²) >= 11 is 0. The molecule has 1 unspecified atom stereocenters. The molecule has 1 fully saturated rings. The van der Waals surface area contributed by atoms with Crippen molar-refractivity contribution in [1.29, 1.82) is 0 Å². The Hall–Kier alpha value is -3.85. The Morgan fingerprint density at radius 3 is 2.46 bits per heavy atom. The Morgan fingerprint density at radius 2 is 1.77 bits per heavy atom. The number of ether oxygens (including phenoxy) is 3. The van der Waals surface area contributed by atoms with Crippen LogP contribution in [0.25, 0.3) is 6.08 Å². The van der Waals surface area contributed by atoms with E-state index in [4.69, 9.17) is 14.2 Å². The zero-order chi connectivity index (χ0) is 24.9. The lowest BCUT2D eigenvalue weighted by Crippen LogP contribution is -2.55. The Kier molecular flexibility index (Phi) is 7.36. The van der Waals surface area contributed by atoms with Crippen LogP contribution in [0.4, 0.5) is 5.69 Å². The van der Waals surface area contributed by atoms with Crippen molar-refractivity contribution >= 4 is 29.4 Å². The molecule has 2 aromatic rings. The van der Waals surface area contributed by atoms with Crippen LogP contribution in [0.3, 0.4) is 0 Å². The topological polar surface area (TPSA) is 106 Å². The van der Waals surface area contributed by atoms with E-state index >= 15 is 0 Å². The van der Waals surface area contributed by atoms with Crippen molar-refractivity contribution in [2.24, 2.45) is 0 Å². The van der Waals surface area contributed by atoms with Crippen molar-refractivity contribution in [1.82, 2.24) is 10.2 Å². The van der Waals surface area contributed by atoms with Crippen molar-refractivity contribution in [3.05, 3.63) is 53.1 Å². The van der Waals surface area contributed by atoms with E-state index in [1.54, 1.807) is 35.2 Å². The number of amides is 2. The maximum Gasteiger partial charge on any atom is 0.253 e. The Balaban J connectivity index is 1.44. The molecule has 2 heterocycles. The highest BCUT2D eigenvalue weighted by Gasteiger charge is 2.28. The van der Waals surface area contributed by atoms with Crippen molar-refractivity contribution in [2.75, 3.05) is 46.3 Å². The largest absolute Gasteiger partial charge is 0.493 e. The molecule has 1 saturated heterocycles. The fourth-order valence-corrected chi connectivity index (χ4v) is 4.32. The van der Waals surface area contributed by atoms with Gasteiger partial charge in [-0.3, -0.25) is 14.4 Å². The molecule has 2 aliphatic rings. The average molecular weight is 480 g/mol. The standard InChI is InChI=1S/C26H29N3O6/c1-33-22-12-16(13-23(34-2)25(22)35-3)4-8-21(30)20-15-29(11-10-27-20)26(32)18-5-7-19-17(14-18)6-9-24(31)28-19/h4-5,7-8,12-14,20,27H,6,9-11,15H2,1-3H3,(H,28,31). The smallest absolute Gasteiger partial charge is 0.253 e. The first-order valence-electron chi connectivity index (χ1n) is 11.4. The molecule has 2 N–H and O–H groups in total. The number of aryl methyl sites for hydroxylation is 1. The number of hydrogen-bond acceptors (Lipinski definition) is 7. The predicted molar refractivity (Wildman–Crippen MR) is 131 cm³/mol. The molecular weight excluding hydrogens is 450 g/mol. The van der Waals surface area contributed by atoms with Gasteiger partial charge in [-0.25, -0.2) is 0 Å². The molecule has 1 atom stereocenters. The number of anilines is 1. The maximum absolute atomic E-state index is 13.1. The summed E-state index contributed by atoms with van der Waals surface area (Å²) < 4.78 is 16.1. The number of nitrogens with one attached hydrogen (secondary N) is 2. The molecule has 0 aliphatic carbocycles. The lowest BCUT2D eigenvalue weighted by atomic mass is 9.99. The van der Waals surface area contributed by atoms with Gasteiger partial charge >= 0.3 is 0 Å². The third kappa shape index (κ3) is 5.30. The van der Waals surface area contributed by atoms with Gasteiger partial charge in [0.05, 0.1) is 27.4 Å². The second-order valence-electron chi connectivity index (χ2n) is 8.37. The maximum atomic E-state index is 13.1. The monoisotopic (exact) mass is 479 g/mol. The van der Waals surface area contributed by atoms with Crippen LogP contribution in [0.15, 0.2) is 36.4 Å². The number of fused-ring (bicyclic) bond motifs is 1. The fraction of sp³-hybridized carbons (Fsp3) is 0.346. The number of benzene rings is 2. The molecule has 9 nitrogen and oxygen atoms in total. The fourth-order valence-electron chi connectivity index (χ4n) is 4.32. The van der Waals surface area contributed by atoms with Gasteiger partial charge in [0.2, 0.25) is 11.7 Å². The molecule has 184 valence electrons. The average Bonchev–Trinajstić information content (AvgIpc) is 2.90. The van der Waals surface area contributed by atoms with Gasteiger partial charge in [-0.15, -0.1) is 0 Å². The second kappa shape index (κ2) is 10.6. The van der Waals surface area contributed by atoms with Crippen LogP contribution in [0.5, 0.6) is 17.2 Å². The van der Waals surface area contributed by atoms with E-state index in [0.29, 0.717) is 48.7 Å². The van der Waals surface area contributed by atoms with Gasteiger partial charge < -0.3 is 29.7 Å². The highest BCUT2D eigenvalue weighted by molar-refractivity contribution is 6.00. The van der Waals surface area contributed by atoms with E-state index in [1.165, 1.54) is 27.4 Å². The molecule has 9 heteroatoms. The molecule has 2 aliphatic heterocycles. The van der Waals surface area contributed by atoms with Gasteiger partial charge in [0.25, 0.3) is 5.91 Å². The number of carbonyl (C=O) groups excluding carboxylic acids is 3. The van der Waals surface area contributed by atoms with Crippen molar-refractivity contribution < 1.29 is 28.6 Å². The van der Waals surface area contributed by atoms with Gasteiger partial charge in [-0.05, 0) is 54.0 Å². The minimum absolute atomic E-state index is 0.0142. The Morgan fingerprint density at radius 1 is 1.03 bits per heavy atom. The van der Waals surface area contributed by atoms with Crippen LogP contribution in [0.1, 0.15) is 27.9 Å². The van der Waals surface area contributed by atoms with Crippen molar-refractivity contribution in [3.63, 3.8) is 0 Å². The molecule has 0 radical (unpaired) electrons. The van der Waals surface area contributed by atoms with E-state index in [1.807, 2.05) is 6.07 Å². The number of piperazine rings is 1. The molecule has 0 spiro atoms. The van der Waals surface area contributed by atoms with E-state index in [9.17, 15) is 14.4 Å². The molecule has 0 bridgehead atoms. The van der Waals surface area contributed by atoms with Crippen LogP contribution in [-0.2, 0) is 16.0 Å². The first kappa shape index (κ1) is 24.3. The molecule has 2 aromatic carbocycles. The van der Waals surface area contributed by atoms with Gasteiger partial charge in [-0.2, -0.15) is 0 Å². The lowest BCUT2D eigenvalue weighted by Gasteiger charge is -2.32. The first-order chi connectivity index (χ1) is 16.9. The number of ketones is 1. The van der Waals surface area contributed by atoms with Crippen LogP contribution in [0.2, 0.25) is 0 Å². The van der Waals surface area contributed by atoms with Crippen LogP contribution >= 0.6 is 0 Å². The molecule has 0 aromatic heterocycles. The highest BCUT2D eigenvalue weighted by Crippen LogP contribution is 2.38. The summed E-state index contributed by atoms with van der Waals surface area (Å²) in [6.45, 7) is 1.29. The summed E-state index contributed by atoms with van der Waals surface area (Å²) in [5, 5.41) is 6.02. The number of nitrogens with zero attached hydrogens (tertiary/aromatic N) is 1. The summed E-state index contributed by atoms with van der Waals surface area (Å²) in [6.07, 6.45) is 4.20. The van der Waals surface area contributed by atoms with Gasteiger partial charge in [0.15, 0.2) is 17.3 Å². The summed E-state index contributed by atoms with van der Waals surface area (Å²) in [5.41, 5.74) is 2.98. The zero-order valence-corrected chi connectivity index (χ0v) is 20.1. The molecule has 4 rings (SSSR count). The minimum Gasteiger partial charge on any atom is -0.493 e. The minimum atomic E-state index is -0.511. The van der Waals surface area contributed by atoms with E-state index in [-0.39, 0.29) is 24.1 Å². The highest BCUT2D eigenvalue weighted by atomic mass is 16.5. The van der Waals surface area contributed by atoms with E-state index < -0.39 is 6.04 Å². The third-order valence-electron chi connectivity index (χ3n) is 6.18. The Labute approximate surface area is 204 Å². The molecule has 2 amide bonds. The van der Waals surface area contributed by atoms with E-state index in [2.05, 4.69) is 10.6 Å². The summed E-state index contributed by atoms with van der Waals surface area (Å²) in [5.74, 6) is 1.19. The number of hydrogen-bond donors (Lipinski definition) is 2. The van der Waals surface area contributed by atoms with Crippen LogP contribution < -0.4 is 24.8 Å². The zero-order valence-electron chi connectivity index (χ0n) is 20.1. The normalized spacial score (nSPS) is 17.5. The molecule has 35 heavy (non-hydrogen) atoms. The van der Waals surface area contributed by atoms with Crippen LogP contribution in [0, 0.1) is 0 Å². The van der Waals surface area contributed by atoms with Gasteiger partial charge in [0, 0.05) is 37.3 Å². The summed E-state index contributed by atoms with van der Waals surface area (Å²) in [6, 6.07) is 8.32. The summed E-state index contributed by atoms with van der Waals surface area (Å²) in [7, 11) is 4.60. The lowest BCUT2D eigenvalue weighted by molar-refractivity contribution is -0.117. The quantitative estimate of drug-likeness (QED) is 0.587. The number of carbonyl (C=O) groups is 3. The van der Waals surface area contributed by atoms with Gasteiger partial charge in [-0.1, -0.05) is 6.08 Å². The molecular formula is C26H29N3O6. The number of rotatable bonds is 7. The SMILES string of the molecule is COc1cc(C=CC(=O)C2CN(C(=O)c3ccc4c(c3)CCC(=O)N4)CCN2)cc(OC)c1OC. The predicted octanol–water partition coefficient (Wildman–Crippen LogP) is 2.29. The van der Waals surface area contributed by atoms with E-state index in [0.717, 1.165) is 16.8 Å². The van der Waals surface area contributed by atoms with Gasteiger partial charge in [0.1, 0.15) is 0 Å².